The summed E-state index contributed by atoms with van der Waals surface area (Å²) in [5, 5.41) is 9.33. The molecule has 2 rings (SSSR count). The molecule has 1 N–H and O–H groups in total. The van der Waals surface area contributed by atoms with Crippen molar-refractivity contribution in [2.75, 3.05) is 25.6 Å². The molecule has 1 aromatic carbocycles. The second-order valence-corrected chi connectivity index (χ2v) is 5.73. The lowest BCUT2D eigenvalue weighted by atomic mass is 9.90. The van der Waals surface area contributed by atoms with E-state index in [1.54, 1.807) is 0 Å². The molecule has 0 bridgehead atoms. The number of ether oxygens (including phenoxy) is 1. The second kappa shape index (κ2) is 4.78. The summed E-state index contributed by atoms with van der Waals surface area (Å²) in [6.07, 6.45) is 0. The molecule has 16 heavy (non-hydrogen) atoms. The summed E-state index contributed by atoms with van der Waals surface area (Å²) in [7, 11) is 0. The van der Waals surface area contributed by atoms with Crippen LogP contribution in [0, 0.1) is 19.3 Å². The first-order chi connectivity index (χ1) is 7.65. The van der Waals surface area contributed by atoms with E-state index in [4.69, 9.17) is 4.74 Å². The Morgan fingerprint density at radius 2 is 2.12 bits per heavy atom. The lowest BCUT2D eigenvalue weighted by Crippen LogP contribution is -2.47. The molecule has 1 fully saturated rings. The monoisotopic (exact) mass is 238 g/mol. The van der Waals surface area contributed by atoms with Gasteiger partial charge in [-0.1, -0.05) is 17.7 Å². The fourth-order valence-electron chi connectivity index (χ4n) is 1.80. The number of thioether (sulfide) groups is 1. The van der Waals surface area contributed by atoms with E-state index in [9.17, 15) is 5.11 Å². The smallest absolute Gasteiger partial charge is 0.0575 e. The lowest BCUT2D eigenvalue weighted by molar-refractivity contribution is -0.121. The summed E-state index contributed by atoms with van der Waals surface area (Å²) >= 11 is 1.82. The molecule has 88 valence electrons. The van der Waals surface area contributed by atoms with E-state index in [2.05, 4.69) is 32.0 Å². The maximum Gasteiger partial charge on any atom is 0.0575 e. The van der Waals surface area contributed by atoms with Gasteiger partial charge in [0, 0.05) is 16.1 Å². The number of hydrogen-bond acceptors (Lipinski definition) is 3. The highest BCUT2D eigenvalue weighted by molar-refractivity contribution is 7.99. The maximum atomic E-state index is 9.33. The predicted octanol–water partition coefficient (Wildman–Crippen LogP) is 2.40. The molecule has 0 radical (unpaired) electrons. The largest absolute Gasteiger partial charge is 0.396 e. The fourth-order valence-corrected chi connectivity index (χ4v) is 2.97. The molecule has 0 saturated carbocycles. The highest BCUT2D eigenvalue weighted by atomic mass is 32.2. The normalized spacial score (nSPS) is 18.2. The Hall–Kier alpha value is -0.510. The van der Waals surface area contributed by atoms with E-state index in [-0.39, 0.29) is 12.0 Å². The first kappa shape index (κ1) is 12.0. The highest BCUT2D eigenvalue weighted by Gasteiger charge is 2.38. The molecule has 3 heteroatoms. The Kier molecular flexibility index (Phi) is 3.57. The summed E-state index contributed by atoms with van der Waals surface area (Å²) in [6.45, 7) is 5.86. The van der Waals surface area contributed by atoms with Crippen molar-refractivity contribution in [3.63, 3.8) is 0 Å². The Balaban J connectivity index is 1.99. The highest BCUT2D eigenvalue weighted by Crippen LogP contribution is 2.35. The number of hydrogen-bond donors (Lipinski definition) is 1. The van der Waals surface area contributed by atoms with Crippen molar-refractivity contribution in [3.05, 3.63) is 29.3 Å². The molecule has 1 aromatic rings. The average molecular weight is 238 g/mol. The zero-order valence-corrected chi connectivity index (χ0v) is 10.6. The van der Waals surface area contributed by atoms with Gasteiger partial charge in [0.25, 0.3) is 0 Å². The van der Waals surface area contributed by atoms with E-state index in [0.717, 1.165) is 5.75 Å². The van der Waals surface area contributed by atoms with Crippen LogP contribution < -0.4 is 0 Å². The number of aliphatic hydroxyl groups is 1. The van der Waals surface area contributed by atoms with Gasteiger partial charge in [-0.3, -0.25) is 0 Å². The summed E-state index contributed by atoms with van der Waals surface area (Å²) in [4.78, 5) is 1.31. The van der Waals surface area contributed by atoms with Crippen molar-refractivity contribution in [3.8, 4) is 0 Å². The van der Waals surface area contributed by atoms with Gasteiger partial charge >= 0.3 is 0 Å². The van der Waals surface area contributed by atoms with E-state index in [0.29, 0.717) is 13.2 Å². The van der Waals surface area contributed by atoms with Crippen LogP contribution in [0.5, 0.6) is 0 Å². The minimum atomic E-state index is 0.00198. The third-order valence-corrected chi connectivity index (χ3v) is 4.54. The van der Waals surface area contributed by atoms with Crippen LogP contribution in [0.1, 0.15) is 11.1 Å². The number of aliphatic hydroxyl groups excluding tert-OH is 1. The molecule has 1 aliphatic heterocycles. The molecule has 1 saturated heterocycles. The Bertz CT molecular complexity index is 367. The Morgan fingerprint density at radius 1 is 1.38 bits per heavy atom. The van der Waals surface area contributed by atoms with Crippen molar-refractivity contribution in [2.45, 2.75) is 18.7 Å². The molecule has 0 atom stereocenters. The Morgan fingerprint density at radius 3 is 2.62 bits per heavy atom. The van der Waals surface area contributed by atoms with Crippen LogP contribution in [-0.4, -0.2) is 30.7 Å². The van der Waals surface area contributed by atoms with Crippen LogP contribution in [-0.2, 0) is 4.74 Å². The molecular formula is C13H18O2S. The zero-order chi connectivity index (χ0) is 11.6. The quantitative estimate of drug-likeness (QED) is 0.817. The number of aryl methyl sites for hydroxylation is 2. The van der Waals surface area contributed by atoms with E-state index in [1.165, 1.54) is 16.0 Å². The van der Waals surface area contributed by atoms with E-state index < -0.39 is 0 Å². The van der Waals surface area contributed by atoms with Gasteiger partial charge < -0.3 is 9.84 Å². The van der Waals surface area contributed by atoms with Gasteiger partial charge in [-0.05, 0) is 25.5 Å². The topological polar surface area (TPSA) is 29.5 Å². The van der Waals surface area contributed by atoms with Crippen LogP contribution >= 0.6 is 11.8 Å². The molecule has 0 aliphatic carbocycles. The molecule has 1 heterocycles. The van der Waals surface area contributed by atoms with Crippen LogP contribution in [0.3, 0.4) is 0 Å². The minimum Gasteiger partial charge on any atom is -0.396 e. The average Bonchev–Trinajstić information content (AvgIpc) is 2.19. The van der Waals surface area contributed by atoms with E-state index in [1.807, 2.05) is 11.8 Å². The number of rotatable bonds is 4. The first-order valence-electron chi connectivity index (χ1n) is 5.54. The summed E-state index contributed by atoms with van der Waals surface area (Å²) in [5.74, 6) is 0.938. The third kappa shape index (κ3) is 2.42. The standard InChI is InChI=1S/C13H18O2S/c1-10-3-4-12(11(2)5-10)16-9-13(6-14)7-15-8-13/h3-5,14H,6-9H2,1-2H3. The van der Waals surface area contributed by atoms with Gasteiger partial charge in [0.05, 0.1) is 19.8 Å². The van der Waals surface area contributed by atoms with Crippen LogP contribution in [0.15, 0.2) is 23.1 Å². The predicted molar refractivity (Wildman–Crippen MR) is 67.0 cm³/mol. The van der Waals surface area contributed by atoms with Crippen molar-refractivity contribution < 1.29 is 9.84 Å². The number of benzene rings is 1. The minimum absolute atomic E-state index is 0.00198. The molecule has 1 aliphatic rings. The molecular weight excluding hydrogens is 220 g/mol. The SMILES string of the molecule is Cc1ccc(SCC2(CO)COC2)c(C)c1. The van der Waals surface area contributed by atoms with Gasteiger partial charge in [-0.15, -0.1) is 11.8 Å². The van der Waals surface area contributed by atoms with Gasteiger partial charge in [-0.2, -0.15) is 0 Å². The summed E-state index contributed by atoms with van der Waals surface area (Å²) in [6, 6.07) is 6.50. The van der Waals surface area contributed by atoms with E-state index >= 15 is 0 Å². The lowest BCUT2D eigenvalue weighted by Gasteiger charge is -2.39. The van der Waals surface area contributed by atoms with Crippen LogP contribution in [0.25, 0.3) is 0 Å². The molecule has 2 nitrogen and oxygen atoms in total. The zero-order valence-electron chi connectivity index (χ0n) is 9.82. The third-order valence-electron chi connectivity index (χ3n) is 3.02. The molecule has 0 spiro atoms. The van der Waals surface area contributed by atoms with Gasteiger partial charge in [-0.25, -0.2) is 0 Å². The van der Waals surface area contributed by atoms with Crippen molar-refractivity contribution >= 4 is 11.8 Å². The van der Waals surface area contributed by atoms with Gasteiger partial charge in [0.2, 0.25) is 0 Å². The van der Waals surface area contributed by atoms with Crippen molar-refractivity contribution in [1.29, 1.82) is 0 Å². The van der Waals surface area contributed by atoms with Gasteiger partial charge in [0.1, 0.15) is 0 Å². The molecule has 0 amide bonds. The first-order valence-corrected chi connectivity index (χ1v) is 6.52. The fraction of sp³-hybridized carbons (Fsp3) is 0.538. The molecule has 0 aromatic heterocycles. The molecule has 0 unspecified atom stereocenters. The summed E-state index contributed by atoms with van der Waals surface area (Å²) in [5.41, 5.74) is 2.62. The van der Waals surface area contributed by atoms with Crippen molar-refractivity contribution in [1.82, 2.24) is 0 Å². The second-order valence-electron chi connectivity index (χ2n) is 4.71. The van der Waals surface area contributed by atoms with Gasteiger partial charge in [0.15, 0.2) is 0 Å². The van der Waals surface area contributed by atoms with Crippen LogP contribution in [0.4, 0.5) is 0 Å². The Labute approximate surface area is 101 Å². The van der Waals surface area contributed by atoms with Crippen molar-refractivity contribution in [2.24, 2.45) is 5.41 Å². The maximum absolute atomic E-state index is 9.33. The van der Waals surface area contributed by atoms with Crippen LogP contribution in [0.2, 0.25) is 0 Å². The summed E-state index contributed by atoms with van der Waals surface area (Å²) < 4.78 is 5.19.